The fourth-order valence-corrected chi connectivity index (χ4v) is 2.85. The van der Waals surface area contributed by atoms with Crippen LogP contribution in [0.15, 0.2) is 60.7 Å². The van der Waals surface area contributed by atoms with E-state index in [-0.39, 0.29) is 19.6 Å². The highest BCUT2D eigenvalue weighted by Gasteiger charge is 2.43. The van der Waals surface area contributed by atoms with E-state index in [1.807, 2.05) is 60.7 Å². The Morgan fingerprint density at radius 3 is 2.19 bits per heavy atom. The van der Waals surface area contributed by atoms with Gasteiger partial charge in [0.1, 0.15) is 6.61 Å². The molecule has 2 aromatic carbocycles. The molecule has 1 aliphatic rings. The molecule has 1 N–H and O–H groups in total. The quantitative estimate of drug-likeness (QED) is 0.862. The molecule has 0 radical (unpaired) electrons. The monoisotopic (exact) mass is 355 g/mol. The van der Waals surface area contributed by atoms with Crippen LogP contribution in [0.25, 0.3) is 0 Å². The van der Waals surface area contributed by atoms with Crippen LogP contribution in [-0.4, -0.2) is 40.8 Å². The predicted octanol–water partition coefficient (Wildman–Crippen LogP) is 2.50. The van der Waals surface area contributed by atoms with Crippen LogP contribution in [0, 0.1) is 0 Å². The lowest BCUT2D eigenvalue weighted by Crippen LogP contribution is -2.44. The average molecular weight is 355 g/mol. The van der Waals surface area contributed by atoms with Gasteiger partial charge in [0, 0.05) is 0 Å². The molecule has 0 aromatic heterocycles. The van der Waals surface area contributed by atoms with E-state index in [0.29, 0.717) is 6.61 Å². The minimum absolute atomic E-state index is 0.0578. The molecule has 0 aliphatic carbocycles. The van der Waals surface area contributed by atoms with Gasteiger partial charge in [-0.15, -0.1) is 0 Å². The number of rotatable bonds is 6. The number of amides is 2. The second-order valence-corrected chi connectivity index (χ2v) is 6.14. The van der Waals surface area contributed by atoms with Gasteiger partial charge in [0.15, 0.2) is 0 Å². The zero-order chi connectivity index (χ0) is 18.4. The van der Waals surface area contributed by atoms with Gasteiger partial charge >= 0.3 is 6.09 Å². The van der Waals surface area contributed by atoms with Crippen LogP contribution in [-0.2, 0) is 27.5 Å². The van der Waals surface area contributed by atoms with Gasteiger partial charge < -0.3 is 14.6 Å². The third-order valence-corrected chi connectivity index (χ3v) is 4.23. The van der Waals surface area contributed by atoms with Crippen molar-refractivity contribution in [1.82, 2.24) is 4.90 Å². The normalized spacial score (nSPS) is 19.6. The number of imide groups is 1. The molecule has 136 valence electrons. The van der Waals surface area contributed by atoms with E-state index < -0.39 is 24.1 Å². The molecular formula is C20H21NO5. The molecule has 26 heavy (non-hydrogen) atoms. The summed E-state index contributed by atoms with van der Waals surface area (Å²) in [5.41, 5.74) is 1.80. The highest BCUT2D eigenvalue weighted by atomic mass is 16.6. The van der Waals surface area contributed by atoms with Crippen LogP contribution < -0.4 is 0 Å². The number of aliphatic hydroxyl groups excluding tert-OH is 1. The number of aliphatic hydroxyl groups is 1. The Labute approximate surface area is 152 Å². The molecule has 1 aliphatic heterocycles. The molecule has 1 heterocycles. The van der Waals surface area contributed by atoms with Crippen LogP contribution in [0.1, 0.15) is 17.5 Å². The molecule has 2 aromatic rings. The SMILES string of the molecule is O=C1C[C@H](O)[C@H](COCc2ccccc2)N1C(=O)OCc1ccccc1. The summed E-state index contributed by atoms with van der Waals surface area (Å²) in [4.78, 5) is 25.4. The van der Waals surface area contributed by atoms with Crippen LogP contribution in [0.5, 0.6) is 0 Å². The predicted molar refractivity (Wildman–Crippen MR) is 94.0 cm³/mol. The number of hydrogen-bond acceptors (Lipinski definition) is 5. The van der Waals surface area contributed by atoms with Gasteiger partial charge in [0.05, 0.1) is 31.8 Å². The van der Waals surface area contributed by atoms with Crippen LogP contribution in [0.3, 0.4) is 0 Å². The molecule has 0 bridgehead atoms. The summed E-state index contributed by atoms with van der Waals surface area (Å²) < 4.78 is 10.8. The van der Waals surface area contributed by atoms with Crippen molar-refractivity contribution in [1.29, 1.82) is 0 Å². The second-order valence-electron chi connectivity index (χ2n) is 6.14. The Morgan fingerprint density at radius 1 is 1.00 bits per heavy atom. The standard InChI is InChI=1S/C20H21NO5/c22-18-11-19(23)21(20(24)26-13-16-9-5-2-6-10-16)17(18)14-25-12-15-7-3-1-4-8-15/h1-10,17-18,22H,11-14H2/t17-,18-/m0/s1. The lowest BCUT2D eigenvalue weighted by atomic mass is 10.2. The topological polar surface area (TPSA) is 76.1 Å². The van der Waals surface area contributed by atoms with Gasteiger partial charge in [-0.25, -0.2) is 9.69 Å². The van der Waals surface area contributed by atoms with Crippen molar-refractivity contribution in [3.05, 3.63) is 71.8 Å². The van der Waals surface area contributed by atoms with Gasteiger partial charge in [-0.05, 0) is 11.1 Å². The summed E-state index contributed by atoms with van der Waals surface area (Å²) in [5, 5.41) is 10.1. The fraction of sp³-hybridized carbons (Fsp3) is 0.300. The third kappa shape index (κ3) is 4.47. The lowest BCUT2D eigenvalue weighted by Gasteiger charge is -2.24. The highest BCUT2D eigenvalue weighted by Crippen LogP contribution is 2.22. The van der Waals surface area contributed by atoms with E-state index in [2.05, 4.69) is 0 Å². The van der Waals surface area contributed by atoms with E-state index in [9.17, 15) is 14.7 Å². The number of hydrogen-bond donors (Lipinski definition) is 1. The smallest absolute Gasteiger partial charge is 0.417 e. The molecule has 6 heteroatoms. The van der Waals surface area contributed by atoms with E-state index >= 15 is 0 Å². The number of nitrogens with zero attached hydrogens (tertiary/aromatic N) is 1. The Balaban J connectivity index is 1.56. The van der Waals surface area contributed by atoms with E-state index in [0.717, 1.165) is 16.0 Å². The summed E-state index contributed by atoms with van der Waals surface area (Å²) >= 11 is 0. The first kappa shape index (κ1) is 18.1. The summed E-state index contributed by atoms with van der Waals surface area (Å²) in [5.74, 6) is -0.455. The van der Waals surface area contributed by atoms with Crippen molar-refractivity contribution < 1.29 is 24.2 Å². The van der Waals surface area contributed by atoms with Crippen molar-refractivity contribution >= 4 is 12.0 Å². The first-order valence-electron chi connectivity index (χ1n) is 8.47. The molecular weight excluding hydrogens is 334 g/mol. The molecule has 0 spiro atoms. The number of benzene rings is 2. The van der Waals surface area contributed by atoms with Gasteiger partial charge in [0.25, 0.3) is 0 Å². The Morgan fingerprint density at radius 2 is 1.58 bits per heavy atom. The number of likely N-dealkylation sites (tertiary alicyclic amines) is 1. The first-order valence-corrected chi connectivity index (χ1v) is 8.47. The van der Waals surface area contributed by atoms with Crippen LogP contribution in [0.2, 0.25) is 0 Å². The maximum Gasteiger partial charge on any atom is 0.417 e. The van der Waals surface area contributed by atoms with Gasteiger partial charge in [-0.3, -0.25) is 4.79 Å². The van der Waals surface area contributed by atoms with Gasteiger partial charge in [0.2, 0.25) is 5.91 Å². The summed E-state index contributed by atoms with van der Waals surface area (Å²) in [6.45, 7) is 0.463. The van der Waals surface area contributed by atoms with Crippen molar-refractivity contribution in [2.24, 2.45) is 0 Å². The molecule has 6 nitrogen and oxygen atoms in total. The largest absolute Gasteiger partial charge is 0.444 e. The zero-order valence-electron chi connectivity index (χ0n) is 14.3. The number of carbonyl (C=O) groups is 2. The molecule has 1 saturated heterocycles. The summed E-state index contributed by atoms with van der Waals surface area (Å²) in [6, 6.07) is 18.0. The Hall–Kier alpha value is -2.70. The first-order chi connectivity index (χ1) is 12.6. The number of ether oxygens (including phenoxy) is 2. The van der Waals surface area contributed by atoms with E-state index in [1.165, 1.54) is 0 Å². The van der Waals surface area contributed by atoms with Crippen LogP contribution >= 0.6 is 0 Å². The summed E-state index contributed by atoms with van der Waals surface area (Å²) in [7, 11) is 0. The average Bonchev–Trinajstić information content (AvgIpc) is 2.95. The molecule has 2 amide bonds. The molecule has 0 saturated carbocycles. The van der Waals surface area contributed by atoms with E-state index in [1.54, 1.807) is 0 Å². The summed E-state index contributed by atoms with van der Waals surface area (Å²) in [6.07, 6.45) is -1.83. The maximum atomic E-state index is 12.3. The number of carbonyl (C=O) groups excluding carboxylic acids is 2. The third-order valence-electron chi connectivity index (χ3n) is 4.23. The van der Waals surface area contributed by atoms with Crippen molar-refractivity contribution in [2.75, 3.05) is 6.61 Å². The van der Waals surface area contributed by atoms with Gasteiger partial charge in [-0.1, -0.05) is 60.7 Å². The molecule has 3 rings (SSSR count). The fourth-order valence-electron chi connectivity index (χ4n) is 2.85. The van der Waals surface area contributed by atoms with Crippen LogP contribution in [0.4, 0.5) is 4.79 Å². The minimum Gasteiger partial charge on any atom is -0.444 e. The molecule has 1 fully saturated rings. The Kier molecular flexibility index (Phi) is 5.99. The molecule has 2 atom stereocenters. The Bertz CT molecular complexity index is 734. The maximum absolute atomic E-state index is 12.3. The van der Waals surface area contributed by atoms with Crippen molar-refractivity contribution in [2.45, 2.75) is 31.8 Å². The zero-order valence-corrected chi connectivity index (χ0v) is 14.3. The van der Waals surface area contributed by atoms with Crippen molar-refractivity contribution in [3.63, 3.8) is 0 Å². The lowest BCUT2D eigenvalue weighted by molar-refractivity contribution is -0.128. The minimum atomic E-state index is -0.956. The van der Waals surface area contributed by atoms with Gasteiger partial charge in [-0.2, -0.15) is 0 Å². The van der Waals surface area contributed by atoms with Crippen molar-refractivity contribution in [3.8, 4) is 0 Å². The highest BCUT2D eigenvalue weighted by molar-refractivity contribution is 5.94. The van der Waals surface area contributed by atoms with E-state index in [4.69, 9.17) is 9.47 Å². The second kappa shape index (κ2) is 8.60. The molecule has 0 unspecified atom stereocenters.